The number of aliphatic imine (C=N–C) groups is 1. The van der Waals surface area contributed by atoms with Crippen LogP contribution in [0.2, 0.25) is 5.02 Å². The van der Waals surface area contributed by atoms with Gasteiger partial charge in [0.05, 0.1) is 17.6 Å². The first-order chi connectivity index (χ1) is 11.9. The molecule has 0 fully saturated rings. The molecule has 0 bridgehead atoms. The molecule has 1 N–H and O–H groups in total. The van der Waals surface area contributed by atoms with Crippen LogP contribution >= 0.6 is 22.9 Å². The van der Waals surface area contributed by atoms with Crippen LogP contribution in [0.15, 0.2) is 52.4 Å². The molecule has 4 nitrogen and oxygen atoms in total. The first kappa shape index (κ1) is 17.5. The van der Waals surface area contributed by atoms with Crippen molar-refractivity contribution in [3.8, 4) is 5.88 Å². The zero-order chi connectivity index (χ0) is 18.0. The molecule has 3 rings (SSSR count). The molecule has 0 aliphatic carbocycles. The number of aromatic hydroxyl groups is 1. The van der Waals surface area contributed by atoms with E-state index in [9.17, 15) is 5.11 Å². The first-order valence-corrected chi connectivity index (χ1v) is 8.94. The van der Waals surface area contributed by atoms with Gasteiger partial charge in [-0.05, 0) is 49.2 Å². The maximum atomic E-state index is 10.3. The van der Waals surface area contributed by atoms with Crippen LogP contribution in [0.3, 0.4) is 0 Å². The third kappa shape index (κ3) is 4.00. The van der Waals surface area contributed by atoms with Gasteiger partial charge in [-0.2, -0.15) is 0 Å². The van der Waals surface area contributed by atoms with E-state index in [1.165, 1.54) is 11.3 Å². The lowest BCUT2D eigenvalue weighted by molar-refractivity contribution is 0.428. The van der Waals surface area contributed by atoms with Gasteiger partial charge in [0, 0.05) is 12.1 Å². The van der Waals surface area contributed by atoms with Crippen LogP contribution in [-0.2, 0) is 7.05 Å². The van der Waals surface area contributed by atoms with E-state index in [0.717, 1.165) is 22.5 Å². The normalized spacial score (nSPS) is 12.2. The molecule has 25 heavy (non-hydrogen) atoms. The SMILES string of the molecule is Cc1cccc(N=c2sc(C=Nc3ccc(C)c(Cl)c3)c(O)n2C)c1. The maximum Gasteiger partial charge on any atom is 0.212 e. The number of rotatable bonds is 3. The Morgan fingerprint density at radius 1 is 1.12 bits per heavy atom. The van der Waals surface area contributed by atoms with Gasteiger partial charge < -0.3 is 5.11 Å². The van der Waals surface area contributed by atoms with Crippen molar-refractivity contribution >= 4 is 40.5 Å². The van der Waals surface area contributed by atoms with Crippen molar-refractivity contribution in [1.82, 2.24) is 4.57 Å². The molecule has 0 atom stereocenters. The number of nitrogens with zero attached hydrogens (tertiary/aromatic N) is 3. The molecule has 0 saturated carbocycles. The fourth-order valence-corrected chi connectivity index (χ4v) is 3.33. The van der Waals surface area contributed by atoms with E-state index in [1.54, 1.807) is 23.9 Å². The van der Waals surface area contributed by atoms with Crippen LogP contribution in [0, 0.1) is 13.8 Å². The highest BCUT2D eigenvalue weighted by atomic mass is 35.5. The Kier molecular flexibility index (Phi) is 5.06. The Balaban J connectivity index is 1.96. The molecule has 6 heteroatoms. The smallest absolute Gasteiger partial charge is 0.212 e. The number of thiazole rings is 1. The number of benzene rings is 2. The summed E-state index contributed by atoms with van der Waals surface area (Å²) in [6.07, 6.45) is 1.64. The number of hydrogen-bond donors (Lipinski definition) is 1. The molecule has 2 aromatic carbocycles. The Labute approximate surface area is 155 Å². The Hall–Kier alpha value is -2.37. The summed E-state index contributed by atoms with van der Waals surface area (Å²) in [6.45, 7) is 3.97. The molecule has 0 amide bonds. The van der Waals surface area contributed by atoms with Crippen LogP contribution in [0.25, 0.3) is 0 Å². The lowest BCUT2D eigenvalue weighted by Gasteiger charge is -1.98. The summed E-state index contributed by atoms with van der Waals surface area (Å²) in [5.41, 5.74) is 3.74. The van der Waals surface area contributed by atoms with Crippen molar-refractivity contribution in [2.75, 3.05) is 0 Å². The molecule has 0 saturated heterocycles. The Morgan fingerprint density at radius 3 is 2.64 bits per heavy atom. The zero-order valence-electron chi connectivity index (χ0n) is 14.2. The second kappa shape index (κ2) is 7.25. The first-order valence-electron chi connectivity index (χ1n) is 7.74. The van der Waals surface area contributed by atoms with Gasteiger partial charge in [0.2, 0.25) is 5.88 Å². The fraction of sp³-hybridized carbons (Fsp3) is 0.158. The van der Waals surface area contributed by atoms with E-state index in [2.05, 4.69) is 9.98 Å². The Bertz CT molecular complexity index is 1020. The molecule has 1 heterocycles. The van der Waals surface area contributed by atoms with Gasteiger partial charge in [-0.3, -0.25) is 9.56 Å². The van der Waals surface area contributed by atoms with Crippen molar-refractivity contribution in [2.24, 2.45) is 17.0 Å². The summed E-state index contributed by atoms with van der Waals surface area (Å²) in [7, 11) is 1.78. The standard InChI is InChI=1S/C19H18ClN3OS/c1-12-5-4-6-15(9-12)22-19-23(3)18(24)17(25-19)11-21-14-8-7-13(2)16(20)10-14/h4-11,24H,1-3H3. The molecule has 0 aliphatic heterocycles. The van der Waals surface area contributed by atoms with Gasteiger partial charge in [0.25, 0.3) is 0 Å². The van der Waals surface area contributed by atoms with Crippen molar-refractivity contribution < 1.29 is 5.11 Å². The molecule has 0 radical (unpaired) electrons. The summed E-state index contributed by atoms with van der Waals surface area (Å²) in [5, 5.41) is 11.0. The summed E-state index contributed by atoms with van der Waals surface area (Å²) in [5.74, 6) is 0.137. The average Bonchev–Trinajstić information content (AvgIpc) is 2.84. The number of aryl methyl sites for hydroxylation is 2. The number of halogens is 1. The van der Waals surface area contributed by atoms with Gasteiger partial charge in [0.15, 0.2) is 4.80 Å². The van der Waals surface area contributed by atoms with Gasteiger partial charge >= 0.3 is 0 Å². The van der Waals surface area contributed by atoms with Crippen LogP contribution < -0.4 is 4.80 Å². The summed E-state index contributed by atoms with van der Waals surface area (Å²) in [6, 6.07) is 13.5. The minimum absolute atomic E-state index is 0.137. The van der Waals surface area contributed by atoms with E-state index in [1.807, 2.05) is 50.2 Å². The van der Waals surface area contributed by atoms with Gasteiger partial charge in [-0.1, -0.05) is 41.1 Å². The zero-order valence-corrected chi connectivity index (χ0v) is 15.8. The van der Waals surface area contributed by atoms with Crippen LogP contribution in [0.5, 0.6) is 5.88 Å². The summed E-state index contributed by atoms with van der Waals surface area (Å²) >= 11 is 7.50. The summed E-state index contributed by atoms with van der Waals surface area (Å²) in [4.78, 5) is 10.3. The van der Waals surface area contributed by atoms with Crippen molar-refractivity contribution in [3.63, 3.8) is 0 Å². The van der Waals surface area contributed by atoms with Crippen molar-refractivity contribution in [1.29, 1.82) is 0 Å². The molecular weight excluding hydrogens is 354 g/mol. The van der Waals surface area contributed by atoms with Crippen LogP contribution in [-0.4, -0.2) is 15.9 Å². The molecule has 0 unspecified atom stereocenters. The van der Waals surface area contributed by atoms with Gasteiger partial charge in [-0.15, -0.1) is 0 Å². The molecule has 0 aliphatic rings. The third-order valence-electron chi connectivity index (χ3n) is 3.74. The summed E-state index contributed by atoms with van der Waals surface area (Å²) < 4.78 is 1.65. The van der Waals surface area contributed by atoms with E-state index < -0.39 is 0 Å². The van der Waals surface area contributed by atoms with Crippen LogP contribution in [0.1, 0.15) is 16.0 Å². The largest absolute Gasteiger partial charge is 0.493 e. The molecule has 0 spiro atoms. The topological polar surface area (TPSA) is 49.9 Å². The maximum absolute atomic E-state index is 10.3. The number of hydrogen-bond acceptors (Lipinski definition) is 4. The second-order valence-corrected chi connectivity index (χ2v) is 7.19. The number of aromatic nitrogens is 1. The van der Waals surface area contributed by atoms with Crippen LogP contribution in [0.4, 0.5) is 11.4 Å². The molecule has 1 aromatic heterocycles. The average molecular weight is 372 g/mol. The highest BCUT2D eigenvalue weighted by molar-refractivity contribution is 7.11. The third-order valence-corrected chi connectivity index (χ3v) is 5.20. The lowest BCUT2D eigenvalue weighted by atomic mass is 10.2. The molecule has 128 valence electrons. The minimum atomic E-state index is 0.137. The van der Waals surface area contributed by atoms with E-state index in [-0.39, 0.29) is 5.88 Å². The highest BCUT2D eigenvalue weighted by Gasteiger charge is 2.08. The van der Waals surface area contributed by atoms with E-state index in [4.69, 9.17) is 11.6 Å². The molecular formula is C19H18ClN3OS. The van der Waals surface area contributed by atoms with Gasteiger partial charge in [0.1, 0.15) is 4.88 Å². The highest BCUT2D eigenvalue weighted by Crippen LogP contribution is 2.24. The fourth-order valence-electron chi connectivity index (χ4n) is 2.25. The lowest BCUT2D eigenvalue weighted by Crippen LogP contribution is -2.08. The second-order valence-electron chi connectivity index (χ2n) is 5.77. The van der Waals surface area contributed by atoms with E-state index in [0.29, 0.717) is 14.7 Å². The predicted molar refractivity (Wildman–Crippen MR) is 105 cm³/mol. The Morgan fingerprint density at radius 2 is 1.92 bits per heavy atom. The van der Waals surface area contributed by atoms with E-state index >= 15 is 0 Å². The van der Waals surface area contributed by atoms with Gasteiger partial charge in [-0.25, -0.2) is 4.99 Å². The quantitative estimate of drug-likeness (QED) is 0.644. The molecule has 3 aromatic rings. The predicted octanol–water partition coefficient (Wildman–Crippen LogP) is 5.05. The minimum Gasteiger partial charge on any atom is -0.493 e. The van der Waals surface area contributed by atoms with Crippen molar-refractivity contribution in [3.05, 3.63) is 68.3 Å². The monoisotopic (exact) mass is 371 g/mol. The van der Waals surface area contributed by atoms with Crippen molar-refractivity contribution in [2.45, 2.75) is 13.8 Å².